The van der Waals surface area contributed by atoms with Gasteiger partial charge in [-0.1, -0.05) is 87.9 Å². The van der Waals surface area contributed by atoms with Crippen LogP contribution < -0.4 is 0 Å². The third-order valence-corrected chi connectivity index (χ3v) is 18.0. The molecule has 1 N–H and O–H groups in total. The molecule has 9 atom stereocenters. The predicted octanol–water partition coefficient (Wildman–Crippen LogP) is 9.19. The lowest BCUT2D eigenvalue weighted by Crippen LogP contribution is -2.66. The number of benzene rings is 2. The average molecular weight is 905 g/mol. The maximum Gasteiger partial charge on any atom is 0.313 e. The van der Waals surface area contributed by atoms with E-state index >= 15 is 0 Å². The number of nitrogens with zero attached hydrogens (tertiary/aromatic N) is 8. The number of aliphatic hydroxyl groups excluding tert-OH is 1. The molecule has 0 saturated heterocycles. The van der Waals surface area contributed by atoms with Gasteiger partial charge in [0.15, 0.2) is 0 Å². The van der Waals surface area contributed by atoms with Crippen molar-refractivity contribution in [3.63, 3.8) is 0 Å². The monoisotopic (exact) mass is 904 g/mol. The Balaban J connectivity index is 0.890. The maximum absolute atomic E-state index is 14.7. The molecule has 4 aromatic rings. The summed E-state index contributed by atoms with van der Waals surface area (Å²) in [5.74, 6) is 0.588. The minimum atomic E-state index is -0.610. The molecule has 0 aliphatic heterocycles. The highest BCUT2D eigenvalue weighted by Crippen LogP contribution is 2.76. The van der Waals surface area contributed by atoms with E-state index in [-0.39, 0.29) is 64.1 Å². The van der Waals surface area contributed by atoms with E-state index in [1.165, 1.54) is 29.8 Å². The van der Waals surface area contributed by atoms with Gasteiger partial charge in [-0.2, -0.15) is 0 Å². The van der Waals surface area contributed by atoms with Crippen LogP contribution in [0.4, 0.5) is 11.4 Å². The minimum Gasteiger partial charge on any atom is -0.459 e. The van der Waals surface area contributed by atoms with Crippen molar-refractivity contribution < 1.29 is 29.2 Å². The number of nitro groups is 2. The first-order valence-electron chi connectivity index (χ1n) is 23.7. The molecule has 0 radical (unpaired) electrons. The van der Waals surface area contributed by atoms with Crippen LogP contribution in [0, 0.1) is 70.5 Å². The highest BCUT2D eigenvalue weighted by Gasteiger charge is 2.70. The van der Waals surface area contributed by atoms with Crippen molar-refractivity contribution in [3.05, 3.63) is 115 Å². The lowest BCUT2D eigenvalue weighted by molar-refractivity contribution is -0.385. The lowest BCUT2D eigenvalue weighted by atomic mass is 9.33. The number of aromatic nitrogens is 6. The SMILES string of the molecule is CC1(C)CC[C@]2(C(=O)OCc3cn(Cc4ccc([N+](=O)[O-])cc4)nn3)CC[C@]3(C)C(=CC[C@@H]4[C@@]5(C)CC[C@H](O)[C@@](C)(COCc6cn(Cc7ccc([N+](=O)[O-])cc7)nn6)[C@@H]5CC[C@]43C)[C@@H]2C1. The molecule has 352 valence electrons. The van der Waals surface area contributed by atoms with Crippen molar-refractivity contribution in [1.29, 1.82) is 0 Å². The number of hydrogen-bond acceptors (Lipinski definition) is 12. The standard InChI is InChI=1S/C50H64N8O8/c1-45(2)21-23-50(44(60)66-31-36-29-56(54-52-36)27-34-9-13-38(14-10-34)58(63)64)24-22-48(5)39(40(50)25-45)15-16-42-46(3)19-18-43(59)47(4,41(46)17-20-49(42,48)6)32-65-30-35-28-55(53-51-35)26-33-7-11-37(12-8-33)57(61)62/h7-15,28-29,40-43,59H,16-27,30-32H2,1-6H3/t40-,41+,42+,43-,46-,47-,48+,49+,50-/m0/s1. The van der Waals surface area contributed by atoms with Gasteiger partial charge in [-0.3, -0.25) is 25.0 Å². The molecule has 16 nitrogen and oxygen atoms in total. The van der Waals surface area contributed by atoms with Gasteiger partial charge in [0.25, 0.3) is 11.4 Å². The number of carbonyl (C=O) groups excluding carboxylic acids is 1. The summed E-state index contributed by atoms with van der Waals surface area (Å²) in [4.78, 5) is 36.0. The van der Waals surface area contributed by atoms with Gasteiger partial charge in [-0.15, -0.1) is 10.2 Å². The van der Waals surface area contributed by atoms with Crippen LogP contribution in [0.15, 0.2) is 72.6 Å². The number of carbonyl (C=O) groups is 1. The van der Waals surface area contributed by atoms with Gasteiger partial charge in [0.1, 0.15) is 18.0 Å². The highest BCUT2D eigenvalue weighted by molar-refractivity contribution is 5.79. The largest absolute Gasteiger partial charge is 0.459 e. The zero-order chi connectivity index (χ0) is 46.9. The summed E-state index contributed by atoms with van der Waals surface area (Å²) in [6.07, 6.45) is 14.7. The molecule has 16 heteroatoms. The molecule has 0 bridgehead atoms. The van der Waals surface area contributed by atoms with Gasteiger partial charge < -0.3 is 14.6 Å². The van der Waals surface area contributed by atoms with Gasteiger partial charge in [-0.05, 0) is 115 Å². The molecule has 0 spiro atoms. The van der Waals surface area contributed by atoms with Crippen molar-refractivity contribution in [2.45, 2.75) is 138 Å². The van der Waals surface area contributed by atoms with Crippen LogP contribution in [0.5, 0.6) is 0 Å². The second-order valence-electron chi connectivity index (χ2n) is 22.2. The summed E-state index contributed by atoms with van der Waals surface area (Å²) in [5.41, 5.74) is 3.40. The van der Waals surface area contributed by atoms with E-state index < -0.39 is 26.8 Å². The molecule has 9 rings (SSSR count). The topological polar surface area (TPSA) is 203 Å². The Kier molecular flexibility index (Phi) is 11.6. The third kappa shape index (κ3) is 7.84. The first kappa shape index (κ1) is 45.8. The summed E-state index contributed by atoms with van der Waals surface area (Å²) >= 11 is 0. The molecule has 5 aliphatic carbocycles. The summed E-state index contributed by atoms with van der Waals surface area (Å²) in [7, 11) is 0. The normalized spacial score (nSPS) is 33.3. The second-order valence-corrected chi connectivity index (χ2v) is 22.2. The fraction of sp³-hybridized carbons (Fsp3) is 0.620. The van der Waals surface area contributed by atoms with E-state index in [0.29, 0.717) is 43.4 Å². The van der Waals surface area contributed by atoms with Crippen molar-refractivity contribution in [2.75, 3.05) is 6.61 Å². The number of aliphatic hydroxyl groups is 1. The molecule has 66 heavy (non-hydrogen) atoms. The molecular formula is C50H64N8O8. The van der Waals surface area contributed by atoms with Gasteiger partial charge >= 0.3 is 5.97 Å². The van der Waals surface area contributed by atoms with Crippen LogP contribution in [-0.2, 0) is 40.6 Å². The minimum absolute atomic E-state index is 0.00556. The van der Waals surface area contributed by atoms with Crippen molar-refractivity contribution in [1.82, 2.24) is 30.0 Å². The van der Waals surface area contributed by atoms with E-state index in [1.54, 1.807) is 39.8 Å². The summed E-state index contributed by atoms with van der Waals surface area (Å²) in [6.45, 7) is 16.0. The molecule has 4 saturated carbocycles. The van der Waals surface area contributed by atoms with Gasteiger partial charge in [0.05, 0.1) is 60.1 Å². The van der Waals surface area contributed by atoms with Gasteiger partial charge in [0.2, 0.25) is 0 Å². The smallest absolute Gasteiger partial charge is 0.313 e. The number of hydrogen-bond donors (Lipinski definition) is 1. The summed E-state index contributed by atoms with van der Waals surface area (Å²) in [6, 6.07) is 12.8. The number of allylic oxidation sites excluding steroid dienone is 2. The summed E-state index contributed by atoms with van der Waals surface area (Å²) < 4.78 is 16.1. The van der Waals surface area contributed by atoms with E-state index in [0.717, 1.165) is 68.9 Å². The molecular weight excluding hydrogens is 841 g/mol. The van der Waals surface area contributed by atoms with Crippen LogP contribution in [0.3, 0.4) is 0 Å². The van der Waals surface area contributed by atoms with E-state index in [1.807, 2.05) is 6.20 Å². The lowest BCUT2D eigenvalue weighted by Gasteiger charge is -2.71. The molecule has 0 amide bonds. The molecule has 0 unspecified atom stereocenters. The number of fused-ring (bicyclic) bond motifs is 7. The molecule has 2 aromatic carbocycles. The van der Waals surface area contributed by atoms with Crippen LogP contribution >= 0.6 is 0 Å². The van der Waals surface area contributed by atoms with Crippen LogP contribution in [0.25, 0.3) is 0 Å². The van der Waals surface area contributed by atoms with Crippen molar-refractivity contribution in [3.8, 4) is 0 Å². The van der Waals surface area contributed by atoms with Gasteiger partial charge in [-0.25, -0.2) is 9.36 Å². The van der Waals surface area contributed by atoms with Crippen LogP contribution in [-0.4, -0.2) is 63.6 Å². The Morgan fingerprint density at radius 1 is 0.758 bits per heavy atom. The summed E-state index contributed by atoms with van der Waals surface area (Å²) in [5, 5.41) is 51.2. The van der Waals surface area contributed by atoms with E-state index in [4.69, 9.17) is 9.47 Å². The zero-order valence-corrected chi connectivity index (χ0v) is 39.1. The second kappa shape index (κ2) is 16.8. The fourth-order valence-corrected chi connectivity index (χ4v) is 14.1. The Morgan fingerprint density at radius 3 is 1.92 bits per heavy atom. The average Bonchev–Trinajstić information content (AvgIpc) is 3.93. The Hall–Kier alpha value is -5.35. The quantitative estimate of drug-likeness (QED) is 0.0577. The molecule has 2 heterocycles. The number of non-ortho nitro benzene ring substituents is 2. The Bertz CT molecular complexity index is 2520. The van der Waals surface area contributed by atoms with Crippen molar-refractivity contribution >= 4 is 17.3 Å². The van der Waals surface area contributed by atoms with Gasteiger partial charge in [0, 0.05) is 29.7 Å². The molecule has 4 fully saturated rings. The van der Waals surface area contributed by atoms with Crippen LogP contribution in [0.2, 0.25) is 0 Å². The number of esters is 1. The fourth-order valence-electron chi connectivity index (χ4n) is 14.1. The Morgan fingerprint density at radius 2 is 1.33 bits per heavy atom. The molecule has 2 aromatic heterocycles. The zero-order valence-electron chi connectivity index (χ0n) is 39.1. The van der Waals surface area contributed by atoms with Crippen LogP contribution in [0.1, 0.15) is 128 Å². The van der Waals surface area contributed by atoms with Crippen molar-refractivity contribution in [2.24, 2.45) is 50.2 Å². The Labute approximate surface area is 385 Å². The number of nitro benzene ring substituents is 2. The first-order chi connectivity index (χ1) is 31.3. The third-order valence-electron chi connectivity index (χ3n) is 18.0. The number of rotatable bonds is 13. The predicted molar refractivity (Wildman–Crippen MR) is 243 cm³/mol. The van der Waals surface area contributed by atoms with E-state index in [2.05, 4.69) is 68.2 Å². The first-order valence-corrected chi connectivity index (χ1v) is 23.7. The molecule has 5 aliphatic rings. The maximum atomic E-state index is 14.7. The van der Waals surface area contributed by atoms with E-state index in [9.17, 15) is 30.1 Å². The number of ether oxygens (including phenoxy) is 2. The highest BCUT2D eigenvalue weighted by atomic mass is 16.6.